The largest absolute Gasteiger partial charge is 0.512 e. The van der Waals surface area contributed by atoms with E-state index in [9.17, 15) is 20.1 Å². The van der Waals surface area contributed by atoms with Crippen molar-refractivity contribution in [2.24, 2.45) is 0 Å². The zero-order chi connectivity index (χ0) is 39.1. The van der Waals surface area contributed by atoms with E-state index in [-0.39, 0.29) is 62.0 Å². The van der Waals surface area contributed by atoms with Gasteiger partial charge in [-0.1, -0.05) is 83.1 Å². The summed E-state index contributed by atoms with van der Waals surface area (Å²) in [5, 5.41) is 31.5. The molecule has 12 heteroatoms. The Balaban J connectivity index is 6.53. The summed E-state index contributed by atoms with van der Waals surface area (Å²) in [4.78, 5) is 13.8. The molecule has 51 heavy (non-hydrogen) atoms. The number of hydrogen-bond acceptors (Lipinski definition) is 8. The van der Waals surface area contributed by atoms with Gasteiger partial charge in [-0.2, -0.15) is 0 Å². The maximum absolute atomic E-state index is 13.8. The van der Waals surface area contributed by atoms with Crippen LogP contribution in [0.25, 0.3) is 0 Å². The average molecular weight is 793 g/mol. The highest BCUT2D eigenvalue weighted by Crippen LogP contribution is 2.33. The van der Waals surface area contributed by atoms with Crippen LogP contribution >= 0.6 is 0 Å². The van der Waals surface area contributed by atoms with Gasteiger partial charge < -0.3 is 33.0 Å². The van der Waals surface area contributed by atoms with Gasteiger partial charge >= 0.3 is 0 Å². The lowest BCUT2D eigenvalue weighted by atomic mass is 10.0. The van der Waals surface area contributed by atoms with E-state index in [4.69, 9.17) is 17.7 Å². The van der Waals surface area contributed by atoms with Crippen molar-refractivity contribution in [2.75, 3.05) is 13.2 Å². The molecule has 0 rings (SSSR count). The zero-order valence-electron chi connectivity index (χ0n) is 35.4. The van der Waals surface area contributed by atoms with Crippen molar-refractivity contribution in [3.63, 3.8) is 0 Å². The van der Waals surface area contributed by atoms with Crippen LogP contribution in [0.5, 0.6) is 0 Å². The maximum atomic E-state index is 13.8. The lowest BCUT2D eigenvalue weighted by Crippen LogP contribution is -2.45. The summed E-state index contributed by atoms with van der Waals surface area (Å²) in [6.07, 6.45) is 3.03. The molecule has 0 bridgehead atoms. The molecule has 0 amide bonds. The fraction of sp³-hybridized carbons (Fsp3) is 0.923. The number of carbonyl (C=O) groups excluding carboxylic acids is 1. The Morgan fingerprint density at radius 1 is 0.471 bits per heavy atom. The second kappa shape index (κ2) is 26.6. The SMILES string of the molecule is CC[Si](CC)(CC)O[C@H](CCO)C[C@H](CC(=O)/C=C(\O)C[C@H](C[C@H](CCO)O[Si](CC)(CC)CC)O[Si](CC)(CC)CC)O[Si](CC)(CC)CC. The standard InChI is InChI=1S/C39H84O8Si4/c1-13-48(14-2,15-3)44-36(25-27-40)32-38(46-50(19-7,20-8)21-9)30-34(42)29-35(43)31-39(47-51(22-10,23-11)24-12)33-37(26-28-41)45-49(16-4,17-5)18-6/h29,36-42H,13-28,30-33H2,1-12H3/b34-29-/t36-,37+,38+,39-/m0/s1. The average Bonchev–Trinajstić information content (AvgIpc) is 3.14. The minimum atomic E-state index is -2.07. The topological polar surface area (TPSA) is 115 Å². The third-order valence-electron chi connectivity index (χ3n) is 12.5. The minimum absolute atomic E-state index is 0.0321. The Bertz CT molecular complexity index is 903. The van der Waals surface area contributed by atoms with Crippen molar-refractivity contribution in [3.8, 4) is 0 Å². The summed E-state index contributed by atoms with van der Waals surface area (Å²) in [5.41, 5.74) is 0. The van der Waals surface area contributed by atoms with Gasteiger partial charge in [0.25, 0.3) is 0 Å². The molecule has 0 aliphatic carbocycles. The van der Waals surface area contributed by atoms with E-state index in [0.29, 0.717) is 25.7 Å². The van der Waals surface area contributed by atoms with Gasteiger partial charge in [0.1, 0.15) is 0 Å². The van der Waals surface area contributed by atoms with E-state index in [1.54, 1.807) is 0 Å². The van der Waals surface area contributed by atoms with Crippen molar-refractivity contribution in [2.45, 2.75) is 219 Å². The van der Waals surface area contributed by atoms with E-state index in [0.717, 1.165) is 72.5 Å². The van der Waals surface area contributed by atoms with Gasteiger partial charge in [-0.25, -0.2) is 0 Å². The molecule has 0 spiro atoms. The van der Waals surface area contributed by atoms with Crippen LogP contribution in [0.1, 0.15) is 122 Å². The fourth-order valence-corrected chi connectivity index (χ4v) is 19.5. The van der Waals surface area contributed by atoms with Gasteiger partial charge in [-0.15, -0.1) is 0 Å². The number of aliphatic hydroxyl groups is 3. The van der Waals surface area contributed by atoms with Crippen LogP contribution in [-0.4, -0.2) is 92.0 Å². The Morgan fingerprint density at radius 2 is 0.725 bits per heavy atom. The van der Waals surface area contributed by atoms with Crippen LogP contribution in [0.15, 0.2) is 11.8 Å². The van der Waals surface area contributed by atoms with Crippen molar-refractivity contribution in [1.82, 2.24) is 0 Å². The van der Waals surface area contributed by atoms with Gasteiger partial charge in [0.05, 0.1) is 18.0 Å². The molecule has 4 atom stereocenters. The molecule has 0 aromatic carbocycles. The first-order valence-corrected chi connectivity index (χ1v) is 31.2. The molecule has 0 aromatic heterocycles. The molecule has 0 unspecified atom stereocenters. The monoisotopic (exact) mass is 793 g/mol. The molecule has 0 aliphatic heterocycles. The van der Waals surface area contributed by atoms with Crippen LogP contribution in [0.2, 0.25) is 72.5 Å². The summed E-state index contributed by atoms with van der Waals surface area (Å²) in [6.45, 7) is 26.5. The second-order valence-corrected chi connectivity index (χ2v) is 33.8. The highest BCUT2D eigenvalue weighted by atomic mass is 28.4. The highest BCUT2D eigenvalue weighted by molar-refractivity contribution is 6.74. The van der Waals surface area contributed by atoms with E-state index in [2.05, 4.69) is 83.1 Å². The number of allylic oxidation sites excluding steroid dienone is 1. The molecule has 3 N–H and O–H groups in total. The van der Waals surface area contributed by atoms with Crippen LogP contribution in [-0.2, 0) is 22.5 Å². The number of hydrogen-bond donors (Lipinski definition) is 3. The molecule has 0 radical (unpaired) electrons. The summed E-state index contributed by atoms with van der Waals surface area (Å²) in [7, 11) is -8.03. The summed E-state index contributed by atoms with van der Waals surface area (Å²) in [6, 6.07) is 12.0. The van der Waals surface area contributed by atoms with Crippen molar-refractivity contribution in [3.05, 3.63) is 11.8 Å². The Kier molecular flexibility index (Phi) is 26.5. The molecule has 0 heterocycles. The van der Waals surface area contributed by atoms with Crippen LogP contribution in [0.3, 0.4) is 0 Å². The number of rotatable bonds is 33. The molecule has 0 saturated heterocycles. The van der Waals surface area contributed by atoms with Crippen molar-refractivity contribution < 1.29 is 37.8 Å². The first-order chi connectivity index (χ1) is 24.2. The molecule has 0 fully saturated rings. The number of aliphatic hydroxyl groups excluding tert-OH is 3. The van der Waals surface area contributed by atoms with Crippen molar-refractivity contribution >= 4 is 39.1 Å². The fourth-order valence-electron chi connectivity index (χ4n) is 7.85. The summed E-state index contributed by atoms with van der Waals surface area (Å²) >= 11 is 0. The molecule has 0 saturated carbocycles. The summed E-state index contributed by atoms with van der Waals surface area (Å²) < 4.78 is 27.8. The van der Waals surface area contributed by atoms with Gasteiger partial charge in [-0.3, -0.25) is 4.79 Å². The molecule has 0 aliphatic rings. The molecule has 0 aromatic rings. The van der Waals surface area contributed by atoms with Crippen LogP contribution < -0.4 is 0 Å². The van der Waals surface area contributed by atoms with Gasteiger partial charge in [0.15, 0.2) is 39.1 Å². The Hall–Kier alpha value is -0.162. The lowest BCUT2D eigenvalue weighted by Gasteiger charge is -2.38. The number of ketones is 1. The van der Waals surface area contributed by atoms with E-state index in [1.807, 2.05) is 0 Å². The molecule has 8 nitrogen and oxygen atoms in total. The normalized spacial score (nSPS) is 15.9. The van der Waals surface area contributed by atoms with Crippen LogP contribution in [0, 0.1) is 0 Å². The lowest BCUT2D eigenvalue weighted by molar-refractivity contribution is -0.116. The third kappa shape index (κ3) is 17.0. The number of carbonyl (C=O) groups is 1. The second-order valence-electron chi connectivity index (χ2n) is 14.9. The summed E-state index contributed by atoms with van der Waals surface area (Å²) in [5.74, 6) is -0.122. The maximum Gasteiger partial charge on any atom is 0.192 e. The van der Waals surface area contributed by atoms with Crippen LogP contribution in [0.4, 0.5) is 0 Å². The smallest absolute Gasteiger partial charge is 0.192 e. The predicted octanol–water partition coefficient (Wildman–Crippen LogP) is 10.9. The Morgan fingerprint density at radius 3 is 0.980 bits per heavy atom. The molecule has 304 valence electrons. The molecular formula is C39H84O8Si4. The molecular weight excluding hydrogens is 709 g/mol. The van der Waals surface area contributed by atoms with E-state index in [1.165, 1.54) is 6.08 Å². The van der Waals surface area contributed by atoms with E-state index < -0.39 is 33.3 Å². The van der Waals surface area contributed by atoms with Crippen molar-refractivity contribution in [1.29, 1.82) is 0 Å². The quantitative estimate of drug-likeness (QED) is 0.0342. The first kappa shape index (κ1) is 50.8. The Labute approximate surface area is 319 Å². The van der Waals surface area contributed by atoms with E-state index >= 15 is 0 Å². The van der Waals surface area contributed by atoms with Gasteiger partial charge in [-0.05, 0) is 98.2 Å². The highest BCUT2D eigenvalue weighted by Gasteiger charge is 2.38. The first-order valence-electron chi connectivity index (χ1n) is 21.1. The third-order valence-corrected chi connectivity index (χ3v) is 31.3. The zero-order valence-corrected chi connectivity index (χ0v) is 39.4. The minimum Gasteiger partial charge on any atom is -0.512 e. The predicted molar refractivity (Wildman–Crippen MR) is 226 cm³/mol. The van der Waals surface area contributed by atoms with Gasteiger partial charge in [0, 0.05) is 44.3 Å². The van der Waals surface area contributed by atoms with Gasteiger partial charge in [0.2, 0.25) is 0 Å².